The van der Waals surface area contributed by atoms with E-state index in [1.807, 2.05) is 0 Å². The van der Waals surface area contributed by atoms with Gasteiger partial charge in [-0.05, 0) is 94.4 Å². The monoisotopic (exact) mass is 702 g/mol. The van der Waals surface area contributed by atoms with E-state index in [9.17, 15) is 0 Å². The number of aromatic nitrogens is 1. The van der Waals surface area contributed by atoms with Crippen LogP contribution in [0.5, 0.6) is 0 Å². The number of fused-ring (bicyclic) bond motifs is 8. The third-order valence-corrected chi connectivity index (χ3v) is 11.0. The second-order valence-electron chi connectivity index (χ2n) is 14.1. The Morgan fingerprint density at radius 1 is 0.400 bits per heavy atom. The van der Waals surface area contributed by atoms with E-state index in [1.165, 1.54) is 44.1 Å². The van der Waals surface area contributed by atoms with E-state index in [4.69, 9.17) is 4.42 Å². The van der Waals surface area contributed by atoms with Gasteiger partial charge < -0.3 is 13.9 Å². The first-order chi connectivity index (χ1) is 27.3. The van der Waals surface area contributed by atoms with Crippen LogP contribution in [-0.2, 0) is 0 Å². The molecule has 11 rings (SSSR count). The van der Waals surface area contributed by atoms with Gasteiger partial charge in [-0.3, -0.25) is 0 Å². The first kappa shape index (κ1) is 31.2. The number of anilines is 3. The van der Waals surface area contributed by atoms with Crippen LogP contribution in [0, 0.1) is 0 Å². The Bertz CT molecular complexity index is 3200. The van der Waals surface area contributed by atoms with Crippen LogP contribution in [0.3, 0.4) is 0 Å². The van der Waals surface area contributed by atoms with Crippen molar-refractivity contribution < 1.29 is 4.42 Å². The van der Waals surface area contributed by atoms with Crippen LogP contribution in [0.15, 0.2) is 211 Å². The van der Waals surface area contributed by atoms with Crippen molar-refractivity contribution in [2.24, 2.45) is 0 Å². The molecule has 0 radical (unpaired) electrons. The van der Waals surface area contributed by atoms with Crippen molar-refractivity contribution in [1.82, 2.24) is 4.57 Å². The van der Waals surface area contributed by atoms with Crippen molar-refractivity contribution in [3.8, 4) is 27.9 Å². The summed E-state index contributed by atoms with van der Waals surface area (Å²) in [4.78, 5) is 2.42. The molecule has 0 aliphatic rings. The van der Waals surface area contributed by atoms with Gasteiger partial charge in [0, 0.05) is 38.6 Å². The fourth-order valence-electron chi connectivity index (χ4n) is 8.50. The highest BCUT2D eigenvalue weighted by atomic mass is 16.3. The molecule has 2 heterocycles. The summed E-state index contributed by atoms with van der Waals surface area (Å²) < 4.78 is 9.12. The minimum Gasteiger partial charge on any atom is -0.455 e. The van der Waals surface area contributed by atoms with Gasteiger partial charge in [0.25, 0.3) is 0 Å². The maximum atomic E-state index is 6.75. The van der Waals surface area contributed by atoms with Crippen molar-refractivity contribution in [3.05, 3.63) is 206 Å². The summed E-state index contributed by atoms with van der Waals surface area (Å²) in [5, 5.41) is 6.87. The van der Waals surface area contributed by atoms with Gasteiger partial charge in [0.05, 0.1) is 22.1 Å². The lowest BCUT2D eigenvalue weighted by molar-refractivity contribution is 0.672. The highest BCUT2D eigenvalue weighted by molar-refractivity contribution is 6.20. The van der Waals surface area contributed by atoms with E-state index in [0.717, 1.165) is 55.5 Å². The van der Waals surface area contributed by atoms with E-state index in [2.05, 4.69) is 216 Å². The summed E-state index contributed by atoms with van der Waals surface area (Å²) in [7, 11) is 0. The van der Waals surface area contributed by atoms with Crippen LogP contribution in [0.4, 0.5) is 17.1 Å². The van der Waals surface area contributed by atoms with Crippen LogP contribution in [0.1, 0.15) is 0 Å². The molecule has 0 aliphatic heterocycles. The second-order valence-corrected chi connectivity index (χ2v) is 14.1. The zero-order chi connectivity index (χ0) is 36.3. The molecule has 9 aromatic carbocycles. The minimum atomic E-state index is 0.861. The van der Waals surface area contributed by atoms with Crippen molar-refractivity contribution in [2.75, 3.05) is 4.90 Å². The lowest BCUT2D eigenvalue weighted by Crippen LogP contribution is -2.10. The van der Waals surface area contributed by atoms with Gasteiger partial charge in [0.2, 0.25) is 0 Å². The number of hydrogen-bond donors (Lipinski definition) is 0. The predicted molar refractivity (Wildman–Crippen MR) is 231 cm³/mol. The van der Waals surface area contributed by atoms with E-state index in [0.29, 0.717) is 0 Å². The highest BCUT2D eigenvalue weighted by Gasteiger charge is 2.23. The molecule has 0 aliphatic carbocycles. The fourth-order valence-corrected chi connectivity index (χ4v) is 8.50. The van der Waals surface area contributed by atoms with Crippen molar-refractivity contribution >= 4 is 71.6 Å². The zero-order valence-corrected chi connectivity index (χ0v) is 29.9. The Balaban J connectivity index is 1.21. The third-order valence-electron chi connectivity index (χ3n) is 11.0. The Morgan fingerprint density at radius 2 is 1.04 bits per heavy atom. The van der Waals surface area contributed by atoms with E-state index in [1.54, 1.807) is 0 Å². The molecule has 258 valence electrons. The van der Waals surface area contributed by atoms with Crippen molar-refractivity contribution in [2.45, 2.75) is 0 Å². The van der Waals surface area contributed by atoms with Crippen LogP contribution in [0.2, 0.25) is 0 Å². The number of para-hydroxylation sites is 2. The number of hydrogen-bond acceptors (Lipinski definition) is 2. The average Bonchev–Trinajstić information content (AvgIpc) is 3.81. The second kappa shape index (κ2) is 12.6. The maximum absolute atomic E-state index is 6.75. The molecule has 0 atom stereocenters. The quantitative estimate of drug-likeness (QED) is 0.172. The van der Waals surface area contributed by atoms with Gasteiger partial charge in [0.15, 0.2) is 0 Å². The van der Waals surface area contributed by atoms with Crippen LogP contribution >= 0.6 is 0 Å². The zero-order valence-electron chi connectivity index (χ0n) is 29.9. The third kappa shape index (κ3) is 5.05. The Hall–Kier alpha value is -7.36. The molecule has 0 bridgehead atoms. The molecule has 3 nitrogen and oxygen atoms in total. The van der Waals surface area contributed by atoms with Crippen LogP contribution in [0.25, 0.3) is 82.5 Å². The minimum absolute atomic E-state index is 0.861. The van der Waals surface area contributed by atoms with Crippen molar-refractivity contribution in [3.63, 3.8) is 0 Å². The Kier molecular flexibility index (Phi) is 7.17. The SMILES string of the molecule is c1ccc(-c2ccc(N(c3ccc4c(c3)c3ccccc3n4-c3ccccc3)c3cccc4oc5c6ccccc6ccc5c34)cc2-c2ccccc2)cc1. The van der Waals surface area contributed by atoms with Crippen LogP contribution < -0.4 is 4.90 Å². The summed E-state index contributed by atoms with van der Waals surface area (Å²) in [6, 6.07) is 73.9. The molecule has 3 heteroatoms. The molecule has 0 saturated heterocycles. The standard InChI is InChI=1S/C52H34N2O/c1-4-15-35(16-5-1)41-31-28-39(33-45(41)36-17-6-2-7-18-36)53(49-25-14-26-50-51(49)44-30-27-37-19-10-11-22-42(37)52(44)55-50)40-29-32-48-46(34-40)43-23-12-13-24-47(43)54(48)38-20-8-3-9-21-38/h1-34H. The maximum Gasteiger partial charge on any atom is 0.143 e. The summed E-state index contributed by atoms with van der Waals surface area (Å²) >= 11 is 0. The summed E-state index contributed by atoms with van der Waals surface area (Å²) in [6.45, 7) is 0. The molecule has 0 spiro atoms. The van der Waals surface area contributed by atoms with E-state index >= 15 is 0 Å². The molecule has 0 amide bonds. The number of benzene rings is 9. The predicted octanol–water partition coefficient (Wildman–Crippen LogP) is 14.6. The largest absolute Gasteiger partial charge is 0.455 e. The Labute approximate surface area is 318 Å². The molecule has 0 unspecified atom stereocenters. The van der Waals surface area contributed by atoms with Gasteiger partial charge in [-0.15, -0.1) is 0 Å². The van der Waals surface area contributed by atoms with Crippen LogP contribution in [-0.4, -0.2) is 4.57 Å². The lowest BCUT2D eigenvalue weighted by atomic mass is 9.93. The topological polar surface area (TPSA) is 21.3 Å². The van der Waals surface area contributed by atoms with Gasteiger partial charge in [-0.25, -0.2) is 0 Å². The first-order valence-corrected chi connectivity index (χ1v) is 18.8. The van der Waals surface area contributed by atoms with Gasteiger partial charge in [0.1, 0.15) is 11.2 Å². The van der Waals surface area contributed by atoms with E-state index < -0.39 is 0 Å². The number of furan rings is 1. The lowest BCUT2D eigenvalue weighted by Gasteiger charge is -2.27. The van der Waals surface area contributed by atoms with E-state index in [-0.39, 0.29) is 0 Å². The van der Waals surface area contributed by atoms with Gasteiger partial charge in [-0.1, -0.05) is 140 Å². The molecule has 0 N–H and O–H groups in total. The smallest absolute Gasteiger partial charge is 0.143 e. The molecule has 55 heavy (non-hydrogen) atoms. The normalized spacial score (nSPS) is 11.6. The number of nitrogens with zero attached hydrogens (tertiary/aromatic N) is 2. The summed E-state index contributed by atoms with van der Waals surface area (Å²) in [6.07, 6.45) is 0. The first-order valence-electron chi connectivity index (χ1n) is 18.8. The molecular weight excluding hydrogens is 669 g/mol. The summed E-state index contributed by atoms with van der Waals surface area (Å²) in [5.74, 6) is 0. The van der Waals surface area contributed by atoms with Gasteiger partial charge in [-0.2, -0.15) is 0 Å². The Morgan fingerprint density at radius 3 is 1.84 bits per heavy atom. The molecular formula is C52H34N2O. The molecule has 0 fully saturated rings. The fraction of sp³-hybridized carbons (Fsp3) is 0. The number of rotatable bonds is 6. The average molecular weight is 703 g/mol. The molecule has 2 aromatic heterocycles. The van der Waals surface area contributed by atoms with Crippen molar-refractivity contribution in [1.29, 1.82) is 0 Å². The molecule has 0 saturated carbocycles. The highest BCUT2D eigenvalue weighted by Crippen LogP contribution is 2.47. The summed E-state index contributed by atoms with van der Waals surface area (Å²) in [5.41, 5.74) is 13.2. The molecule has 11 aromatic rings. The van der Waals surface area contributed by atoms with Gasteiger partial charge >= 0.3 is 0 Å².